The predicted molar refractivity (Wildman–Crippen MR) is 53.8 cm³/mol. The SMILES string of the molecule is CCC(O)C(O)C(O)C(O)CC(C)C. The van der Waals surface area contributed by atoms with Gasteiger partial charge in [-0.05, 0) is 18.8 Å². The molecule has 4 unspecified atom stereocenters. The van der Waals surface area contributed by atoms with E-state index in [1.54, 1.807) is 6.92 Å². The van der Waals surface area contributed by atoms with Gasteiger partial charge in [-0.2, -0.15) is 0 Å². The Morgan fingerprint density at radius 3 is 1.64 bits per heavy atom. The van der Waals surface area contributed by atoms with Crippen LogP contribution in [0.5, 0.6) is 0 Å². The van der Waals surface area contributed by atoms with Crippen LogP contribution in [-0.2, 0) is 0 Å². The molecule has 0 aliphatic rings. The van der Waals surface area contributed by atoms with Crippen molar-refractivity contribution < 1.29 is 20.4 Å². The predicted octanol–water partition coefficient (Wildman–Crippen LogP) is -0.114. The minimum atomic E-state index is -1.27. The van der Waals surface area contributed by atoms with Crippen molar-refractivity contribution in [1.82, 2.24) is 0 Å². The van der Waals surface area contributed by atoms with E-state index in [4.69, 9.17) is 0 Å². The number of hydrogen-bond donors (Lipinski definition) is 4. The van der Waals surface area contributed by atoms with E-state index in [1.807, 2.05) is 13.8 Å². The van der Waals surface area contributed by atoms with Crippen molar-refractivity contribution in [1.29, 1.82) is 0 Å². The van der Waals surface area contributed by atoms with E-state index in [0.717, 1.165) is 0 Å². The average Bonchev–Trinajstić information content (AvgIpc) is 2.13. The van der Waals surface area contributed by atoms with Crippen LogP contribution in [0.3, 0.4) is 0 Å². The lowest BCUT2D eigenvalue weighted by molar-refractivity contribution is -0.109. The molecule has 0 rings (SSSR count). The molecular formula is C10H22O4. The first-order valence-electron chi connectivity index (χ1n) is 5.12. The zero-order valence-electron chi connectivity index (χ0n) is 9.09. The van der Waals surface area contributed by atoms with Gasteiger partial charge in [-0.15, -0.1) is 0 Å². The first-order valence-corrected chi connectivity index (χ1v) is 5.12. The molecule has 0 aliphatic heterocycles. The summed E-state index contributed by atoms with van der Waals surface area (Å²) in [5.74, 6) is 0.241. The van der Waals surface area contributed by atoms with Crippen LogP contribution in [-0.4, -0.2) is 44.8 Å². The van der Waals surface area contributed by atoms with Gasteiger partial charge in [0.25, 0.3) is 0 Å². The van der Waals surface area contributed by atoms with E-state index in [1.165, 1.54) is 0 Å². The molecule has 0 saturated carbocycles. The molecule has 4 heteroatoms. The molecule has 0 spiro atoms. The van der Waals surface area contributed by atoms with Crippen molar-refractivity contribution >= 4 is 0 Å². The molecule has 0 bridgehead atoms. The van der Waals surface area contributed by atoms with Crippen molar-refractivity contribution in [2.75, 3.05) is 0 Å². The van der Waals surface area contributed by atoms with E-state index in [2.05, 4.69) is 0 Å². The molecular weight excluding hydrogens is 184 g/mol. The molecule has 14 heavy (non-hydrogen) atoms. The molecule has 0 fully saturated rings. The summed E-state index contributed by atoms with van der Waals surface area (Å²) in [4.78, 5) is 0. The summed E-state index contributed by atoms with van der Waals surface area (Å²) in [6, 6.07) is 0. The van der Waals surface area contributed by atoms with Crippen molar-refractivity contribution in [3.8, 4) is 0 Å². The van der Waals surface area contributed by atoms with Gasteiger partial charge in [0.05, 0.1) is 12.2 Å². The van der Waals surface area contributed by atoms with Gasteiger partial charge in [0, 0.05) is 0 Å². The Hall–Kier alpha value is -0.160. The fraction of sp³-hybridized carbons (Fsp3) is 1.00. The zero-order valence-corrected chi connectivity index (χ0v) is 9.09. The summed E-state index contributed by atoms with van der Waals surface area (Å²) in [7, 11) is 0. The van der Waals surface area contributed by atoms with Crippen LogP contribution >= 0.6 is 0 Å². The Bertz CT molecular complexity index is 149. The Kier molecular flexibility index (Phi) is 6.27. The number of rotatable bonds is 6. The topological polar surface area (TPSA) is 80.9 Å². The van der Waals surface area contributed by atoms with E-state index in [-0.39, 0.29) is 5.92 Å². The smallest absolute Gasteiger partial charge is 0.108 e. The molecule has 4 atom stereocenters. The summed E-state index contributed by atoms with van der Waals surface area (Å²) < 4.78 is 0. The van der Waals surface area contributed by atoms with Gasteiger partial charge in [-0.25, -0.2) is 0 Å². The van der Waals surface area contributed by atoms with Gasteiger partial charge in [-0.1, -0.05) is 20.8 Å². The second kappa shape index (κ2) is 6.35. The quantitative estimate of drug-likeness (QED) is 0.488. The Labute approximate surface area is 85.2 Å². The minimum absolute atomic E-state index is 0.241. The minimum Gasteiger partial charge on any atom is -0.390 e. The molecule has 0 aromatic heterocycles. The average molecular weight is 206 g/mol. The summed E-state index contributed by atoms with van der Waals surface area (Å²) in [5, 5.41) is 37.6. The van der Waals surface area contributed by atoms with Crippen LogP contribution in [0.25, 0.3) is 0 Å². The molecule has 86 valence electrons. The van der Waals surface area contributed by atoms with Crippen LogP contribution in [0, 0.1) is 5.92 Å². The fourth-order valence-corrected chi connectivity index (χ4v) is 1.32. The maximum absolute atomic E-state index is 9.48. The van der Waals surface area contributed by atoms with Crippen LogP contribution in [0.1, 0.15) is 33.6 Å². The lowest BCUT2D eigenvalue weighted by Gasteiger charge is -2.26. The Morgan fingerprint density at radius 1 is 0.857 bits per heavy atom. The summed E-state index contributed by atoms with van der Waals surface area (Å²) in [5.41, 5.74) is 0. The van der Waals surface area contributed by atoms with Crippen LogP contribution in [0.15, 0.2) is 0 Å². The van der Waals surface area contributed by atoms with E-state index >= 15 is 0 Å². The highest BCUT2D eigenvalue weighted by molar-refractivity contribution is 4.80. The third-order valence-electron chi connectivity index (χ3n) is 2.27. The molecule has 0 aromatic rings. The summed E-state index contributed by atoms with van der Waals surface area (Å²) >= 11 is 0. The molecule has 4 nitrogen and oxygen atoms in total. The number of aliphatic hydroxyl groups excluding tert-OH is 4. The number of aliphatic hydroxyl groups is 4. The van der Waals surface area contributed by atoms with Crippen LogP contribution in [0.4, 0.5) is 0 Å². The van der Waals surface area contributed by atoms with Gasteiger partial charge in [0.1, 0.15) is 12.2 Å². The van der Waals surface area contributed by atoms with Crippen molar-refractivity contribution in [2.45, 2.75) is 58.0 Å². The second-order valence-corrected chi connectivity index (χ2v) is 4.15. The van der Waals surface area contributed by atoms with Crippen molar-refractivity contribution in [2.24, 2.45) is 5.92 Å². The maximum Gasteiger partial charge on any atom is 0.108 e. The first-order chi connectivity index (χ1) is 6.40. The van der Waals surface area contributed by atoms with E-state index in [0.29, 0.717) is 12.8 Å². The third kappa shape index (κ3) is 4.37. The first kappa shape index (κ1) is 13.8. The highest BCUT2D eigenvalue weighted by atomic mass is 16.4. The highest BCUT2D eigenvalue weighted by Crippen LogP contribution is 2.13. The fourth-order valence-electron chi connectivity index (χ4n) is 1.32. The van der Waals surface area contributed by atoms with Gasteiger partial charge < -0.3 is 20.4 Å². The van der Waals surface area contributed by atoms with E-state index < -0.39 is 24.4 Å². The summed E-state index contributed by atoms with van der Waals surface area (Å²) in [6.45, 7) is 5.53. The van der Waals surface area contributed by atoms with Crippen LogP contribution < -0.4 is 0 Å². The maximum atomic E-state index is 9.48. The second-order valence-electron chi connectivity index (χ2n) is 4.15. The summed E-state index contributed by atoms with van der Waals surface area (Å²) in [6.07, 6.45) is -3.74. The molecule has 4 N–H and O–H groups in total. The zero-order chi connectivity index (χ0) is 11.3. The molecule has 0 heterocycles. The standard InChI is InChI=1S/C10H22O4/c1-4-7(11)9(13)10(14)8(12)5-6(2)3/h6-14H,4-5H2,1-3H3. The van der Waals surface area contributed by atoms with E-state index in [9.17, 15) is 20.4 Å². The van der Waals surface area contributed by atoms with Gasteiger partial charge >= 0.3 is 0 Å². The third-order valence-corrected chi connectivity index (χ3v) is 2.27. The van der Waals surface area contributed by atoms with Gasteiger partial charge in [-0.3, -0.25) is 0 Å². The Balaban J connectivity index is 4.09. The molecule has 0 amide bonds. The molecule has 0 aliphatic carbocycles. The Morgan fingerprint density at radius 2 is 1.29 bits per heavy atom. The molecule has 0 saturated heterocycles. The molecule has 0 aromatic carbocycles. The van der Waals surface area contributed by atoms with Crippen molar-refractivity contribution in [3.63, 3.8) is 0 Å². The van der Waals surface area contributed by atoms with Crippen molar-refractivity contribution in [3.05, 3.63) is 0 Å². The highest BCUT2D eigenvalue weighted by Gasteiger charge is 2.29. The monoisotopic (exact) mass is 206 g/mol. The van der Waals surface area contributed by atoms with Crippen LogP contribution in [0.2, 0.25) is 0 Å². The molecule has 0 radical (unpaired) electrons. The number of hydrogen-bond acceptors (Lipinski definition) is 4. The largest absolute Gasteiger partial charge is 0.390 e. The van der Waals surface area contributed by atoms with Gasteiger partial charge in [0.2, 0.25) is 0 Å². The lowest BCUT2D eigenvalue weighted by atomic mass is 9.95. The normalized spacial score (nSPS) is 20.6. The van der Waals surface area contributed by atoms with Gasteiger partial charge in [0.15, 0.2) is 0 Å². The lowest BCUT2D eigenvalue weighted by Crippen LogP contribution is -2.44.